The fourth-order valence-electron chi connectivity index (χ4n) is 7.74. The number of unbranched alkanes of at least 4 members (excludes halogenated alkanes) is 36. The second kappa shape index (κ2) is 47.1. The molecule has 6 nitrogen and oxygen atoms in total. The van der Waals surface area contributed by atoms with E-state index in [0.717, 1.165) is 57.8 Å². The van der Waals surface area contributed by atoms with Crippen LogP contribution >= 0.6 is 0 Å². The molecule has 0 amide bonds. The molecule has 0 aliphatic rings. The molecule has 0 N–H and O–H groups in total. The summed E-state index contributed by atoms with van der Waals surface area (Å²) in [4.78, 5) is 37.8. The van der Waals surface area contributed by atoms with Crippen molar-refractivity contribution in [3.63, 3.8) is 0 Å². The van der Waals surface area contributed by atoms with Gasteiger partial charge in [0.05, 0.1) is 0 Å². The van der Waals surface area contributed by atoms with Crippen LogP contribution in [-0.4, -0.2) is 37.2 Å². The van der Waals surface area contributed by atoms with E-state index < -0.39 is 6.10 Å². The number of carbonyl (C=O) groups excluding carboxylic acids is 3. The minimum Gasteiger partial charge on any atom is -0.462 e. The van der Waals surface area contributed by atoms with Gasteiger partial charge in [0.15, 0.2) is 6.10 Å². The van der Waals surface area contributed by atoms with Gasteiger partial charge >= 0.3 is 17.9 Å². The molecule has 0 bridgehead atoms. The molecule has 1 atom stereocenters. The number of ether oxygens (including phenoxy) is 3. The fraction of sp³-hybridized carbons (Fsp3) is 0.941. The van der Waals surface area contributed by atoms with E-state index >= 15 is 0 Å². The first-order valence-electron chi connectivity index (χ1n) is 25.5. The molecule has 0 fully saturated rings. The molecule has 0 aliphatic carbocycles. The number of hydrogen-bond acceptors (Lipinski definition) is 6. The molecule has 0 aromatic heterocycles. The van der Waals surface area contributed by atoms with Gasteiger partial charge in [-0.3, -0.25) is 14.4 Å². The lowest BCUT2D eigenvalue weighted by Crippen LogP contribution is -2.30. The second-order valence-corrected chi connectivity index (χ2v) is 17.5. The minimum absolute atomic E-state index is 0.0619. The molecule has 0 aliphatic heterocycles. The lowest BCUT2D eigenvalue weighted by atomic mass is 10.0. The predicted octanol–water partition coefficient (Wildman–Crippen LogP) is 16.4. The van der Waals surface area contributed by atoms with Crippen molar-refractivity contribution in [2.45, 2.75) is 297 Å². The SMILES string of the molecule is CCCCCCCCCCCCCCCCCCC(=O)OC[C@@H](COC(=O)CCCCCCCCCCCC)OC(=O)CCCCCCCCCCCCCCC. The van der Waals surface area contributed by atoms with Crippen molar-refractivity contribution in [3.8, 4) is 0 Å². The van der Waals surface area contributed by atoms with E-state index in [1.165, 1.54) is 193 Å². The molecule has 0 heterocycles. The Labute approximate surface area is 355 Å². The van der Waals surface area contributed by atoms with Crippen LogP contribution in [0.4, 0.5) is 0 Å². The van der Waals surface area contributed by atoms with Crippen LogP contribution in [0.25, 0.3) is 0 Å². The molecule has 6 heteroatoms. The number of hydrogen-bond donors (Lipinski definition) is 0. The molecule has 0 radical (unpaired) electrons. The topological polar surface area (TPSA) is 78.9 Å². The van der Waals surface area contributed by atoms with E-state index in [-0.39, 0.29) is 31.1 Å². The van der Waals surface area contributed by atoms with Gasteiger partial charge in [0.25, 0.3) is 0 Å². The van der Waals surface area contributed by atoms with Crippen LogP contribution in [0.5, 0.6) is 0 Å². The molecule has 338 valence electrons. The third kappa shape index (κ3) is 45.3. The Morgan fingerprint density at radius 1 is 0.281 bits per heavy atom. The highest BCUT2D eigenvalue weighted by Crippen LogP contribution is 2.17. The van der Waals surface area contributed by atoms with E-state index in [9.17, 15) is 14.4 Å². The first-order chi connectivity index (χ1) is 28.0. The third-order valence-corrected chi connectivity index (χ3v) is 11.6. The maximum atomic E-state index is 12.7. The predicted molar refractivity (Wildman–Crippen MR) is 243 cm³/mol. The van der Waals surface area contributed by atoms with Crippen molar-refractivity contribution < 1.29 is 28.6 Å². The lowest BCUT2D eigenvalue weighted by Gasteiger charge is -2.18. The zero-order valence-corrected chi connectivity index (χ0v) is 38.6. The van der Waals surface area contributed by atoms with Crippen molar-refractivity contribution in [1.82, 2.24) is 0 Å². The van der Waals surface area contributed by atoms with E-state index in [2.05, 4.69) is 20.8 Å². The summed E-state index contributed by atoms with van der Waals surface area (Å²) < 4.78 is 16.8. The quantitative estimate of drug-likeness (QED) is 0.0346. The molecule has 0 unspecified atom stereocenters. The molecule has 57 heavy (non-hydrogen) atoms. The van der Waals surface area contributed by atoms with Crippen LogP contribution in [0, 0.1) is 0 Å². The number of carbonyl (C=O) groups is 3. The van der Waals surface area contributed by atoms with Crippen molar-refractivity contribution in [3.05, 3.63) is 0 Å². The summed E-state index contributed by atoms with van der Waals surface area (Å²) in [6.45, 7) is 6.67. The molecule has 0 spiro atoms. The summed E-state index contributed by atoms with van der Waals surface area (Å²) >= 11 is 0. The van der Waals surface area contributed by atoms with Crippen LogP contribution in [0.2, 0.25) is 0 Å². The van der Waals surface area contributed by atoms with Gasteiger partial charge in [-0.1, -0.05) is 252 Å². The highest BCUT2D eigenvalue weighted by atomic mass is 16.6. The third-order valence-electron chi connectivity index (χ3n) is 11.6. The summed E-state index contributed by atoms with van der Waals surface area (Å²) in [5.41, 5.74) is 0. The summed E-state index contributed by atoms with van der Waals surface area (Å²) in [6.07, 6.45) is 49.4. The Bertz CT molecular complexity index is 844. The Hall–Kier alpha value is -1.59. The first-order valence-corrected chi connectivity index (χ1v) is 25.5. The number of esters is 3. The van der Waals surface area contributed by atoms with E-state index in [1.54, 1.807) is 0 Å². The number of rotatable bonds is 47. The standard InChI is InChI=1S/C51H98O6/c1-4-7-10-13-16-19-22-24-25-26-28-29-32-35-38-41-44-50(53)56-47-48(46-55-49(52)43-40-37-34-31-21-18-15-12-9-6-3)57-51(54)45-42-39-36-33-30-27-23-20-17-14-11-8-5-2/h48H,4-47H2,1-3H3/t48-/m1/s1. The molecule has 0 aromatic rings. The van der Waals surface area contributed by atoms with Gasteiger partial charge in [-0.25, -0.2) is 0 Å². The van der Waals surface area contributed by atoms with Gasteiger partial charge in [0, 0.05) is 19.3 Å². The molecule has 0 rings (SSSR count). The van der Waals surface area contributed by atoms with Gasteiger partial charge in [-0.05, 0) is 19.3 Å². The Morgan fingerprint density at radius 2 is 0.474 bits per heavy atom. The Morgan fingerprint density at radius 3 is 0.702 bits per heavy atom. The summed E-state index contributed by atoms with van der Waals surface area (Å²) in [7, 11) is 0. The van der Waals surface area contributed by atoms with Crippen LogP contribution in [-0.2, 0) is 28.6 Å². The normalized spacial score (nSPS) is 11.8. The van der Waals surface area contributed by atoms with Crippen LogP contribution in [0.15, 0.2) is 0 Å². The average Bonchev–Trinajstić information content (AvgIpc) is 3.21. The molecule has 0 aromatic carbocycles. The molecular weight excluding hydrogens is 709 g/mol. The van der Waals surface area contributed by atoms with Gasteiger partial charge in [-0.15, -0.1) is 0 Å². The van der Waals surface area contributed by atoms with E-state index in [1.807, 2.05) is 0 Å². The van der Waals surface area contributed by atoms with Crippen molar-refractivity contribution in [2.24, 2.45) is 0 Å². The highest BCUT2D eigenvalue weighted by Gasteiger charge is 2.19. The van der Waals surface area contributed by atoms with E-state index in [0.29, 0.717) is 19.3 Å². The maximum absolute atomic E-state index is 12.7. The van der Waals surface area contributed by atoms with Crippen LogP contribution < -0.4 is 0 Å². The van der Waals surface area contributed by atoms with Crippen molar-refractivity contribution in [2.75, 3.05) is 13.2 Å². The maximum Gasteiger partial charge on any atom is 0.306 e. The average molecular weight is 807 g/mol. The largest absolute Gasteiger partial charge is 0.462 e. The van der Waals surface area contributed by atoms with Gasteiger partial charge < -0.3 is 14.2 Å². The molecule has 0 saturated carbocycles. The Kier molecular flexibility index (Phi) is 45.8. The zero-order valence-electron chi connectivity index (χ0n) is 38.6. The van der Waals surface area contributed by atoms with Crippen molar-refractivity contribution >= 4 is 17.9 Å². The second-order valence-electron chi connectivity index (χ2n) is 17.5. The fourth-order valence-corrected chi connectivity index (χ4v) is 7.74. The summed E-state index contributed by atoms with van der Waals surface area (Å²) in [5, 5.41) is 0. The minimum atomic E-state index is -0.758. The van der Waals surface area contributed by atoms with Crippen molar-refractivity contribution in [1.29, 1.82) is 0 Å². The monoisotopic (exact) mass is 807 g/mol. The zero-order chi connectivity index (χ0) is 41.5. The smallest absolute Gasteiger partial charge is 0.306 e. The van der Waals surface area contributed by atoms with Crippen LogP contribution in [0.1, 0.15) is 290 Å². The first kappa shape index (κ1) is 55.4. The van der Waals surface area contributed by atoms with Crippen LogP contribution in [0.3, 0.4) is 0 Å². The summed E-state index contributed by atoms with van der Waals surface area (Å²) in [6, 6.07) is 0. The van der Waals surface area contributed by atoms with Gasteiger partial charge in [0.1, 0.15) is 13.2 Å². The molecule has 0 saturated heterocycles. The van der Waals surface area contributed by atoms with E-state index in [4.69, 9.17) is 14.2 Å². The lowest BCUT2D eigenvalue weighted by molar-refractivity contribution is -0.167. The molecular formula is C51H98O6. The highest BCUT2D eigenvalue weighted by molar-refractivity contribution is 5.71. The summed E-state index contributed by atoms with van der Waals surface area (Å²) in [5.74, 6) is -0.844. The van der Waals surface area contributed by atoms with Gasteiger partial charge in [0.2, 0.25) is 0 Å². The van der Waals surface area contributed by atoms with Gasteiger partial charge in [-0.2, -0.15) is 0 Å². The Balaban J connectivity index is 4.27.